The largest absolute Gasteiger partial charge is 0.325 e. The van der Waals surface area contributed by atoms with Crippen molar-refractivity contribution >= 4 is 23.4 Å². The number of nitrogens with one attached hydrogen (secondary N) is 1. The van der Waals surface area contributed by atoms with E-state index < -0.39 is 0 Å². The molecule has 0 bridgehead atoms. The van der Waals surface area contributed by atoms with Crippen LogP contribution in [-0.2, 0) is 4.79 Å². The van der Waals surface area contributed by atoms with Gasteiger partial charge in [-0.3, -0.25) is 4.79 Å². The second-order valence-electron chi connectivity index (χ2n) is 6.63. The number of aromatic nitrogens is 3. The van der Waals surface area contributed by atoms with Crippen LogP contribution in [0, 0.1) is 18.3 Å². The van der Waals surface area contributed by atoms with Crippen molar-refractivity contribution in [1.29, 1.82) is 5.26 Å². The van der Waals surface area contributed by atoms with Gasteiger partial charge in [0, 0.05) is 11.7 Å². The minimum Gasteiger partial charge on any atom is -0.325 e. The van der Waals surface area contributed by atoms with E-state index in [0.717, 1.165) is 23.8 Å². The third-order valence-electron chi connectivity index (χ3n) is 4.69. The summed E-state index contributed by atoms with van der Waals surface area (Å²) in [7, 11) is 0. The number of hydrogen-bond donors (Lipinski definition) is 1. The minimum atomic E-state index is -0.313. The predicted molar refractivity (Wildman–Crippen MR) is 102 cm³/mol. The van der Waals surface area contributed by atoms with Gasteiger partial charge in [0.15, 0.2) is 5.16 Å². The Balaban J connectivity index is 1.68. The van der Waals surface area contributed by atoms with E-state index in [4.69, 9.17) is 5.26 Å². The lowest BCUT2D eigenvalue weighted by atomic mass is 9.95. The molecule has 1 aliphatic carbocycles. The summed E-state index contributed by atoms with van der Waals surface area (Å²) in [6.07, 6.45) is 6.05. The third-order valence-corrected chi connectivity index (χ3v) is 5.74. The summed E-state index contributed by atoms with van der Waals surface area (Å²) in [5.41, 5.74) is 1.15. The summed E-state index contributed by atoms with van der Waals surface area (Å²) in [6.45, 7) is 3.84. The lowest BCUT2D eigenvalue weighted by Crippen LogP contribution is -2.23. The molecule has 7 heteroatoms. The van der Waals surface area contributed by atoms with Crippen LogP contribution >= 0.6 is 11.8 Å². The fourth-order valence-electron chi connectivity index (χ4n) is 3.31. The normalized spacial score (nSPS) is 16.0. The maximum atomic E-state index is 12.5. The van der Waals surface area contributed by atoms with Crippen LogP contribution in [0.3, 0.4) is 0 Å². The molecule has 1 heterocycles. The summed E-state index contributed by atoms with van der Waals surface area (Å²) in [4.78, 5) is 12.5. The zero-order valence-corrected chi connectivity index (χ0v) is 15.9. The maximum absolute atomic E-state index is 12.5. The Labute approximate surface area is 158 Å². The Bertz CT molecular complexity index is 820. The predicted octanol–water partition coefficient (Wildman–Crippen LogP) is 4.08. The molecule has 1 unspecified atom stereocenters. The van der Waals surface area contributed by atoms with Crippen LogP contribution in [0.2, 0.25) is 0 Å². The SMILES string of the molecule is Cc1nnc(SC(C)C(=O)Nc2cccc(C#N)c2)n1C1CCCCC1. The topological polar surface area (TPSA) is 83.6 Å². The Hall–Kier alpha value is -2.33. The van der Waals surface area contributed by atoms with Crippen molar-refractivity contribution in [2.75, 3.05) is 5.32 Å². The molecular formula is C19H23N5OS. The van der Waals surface area contributed by atoms with Crippen molar-refractivity contribution in [3.63, 3.8) is 0 Å². The molecule has 3 rings (SSSR count). The molecule has 1 amide bonds. The molecule has 1 aromatic heterocycles. The zero-order chi connectivity index (χ0) is 18.5. The van der Waals surface area contributed by atoms with Crippen LogP contribution in [0.1, 0.15) is 56.5 Å². The number of carbonyl (C=O) groups is 1. The number of amides is 1. The first-order chi connectivity index (χ1) is 12.6. The average molecular weight is 369 g/mol. The van der Waals surface area contributed by atoms with Gasteiger partial charge >= 0.3 is 0 Å². The maximum Gasteiger partial charge on any atom is 0.237 e. The summed E-state index contributed by atoms with van der Waals surface area (Å²) in [5.74, 6) is 0.801. The number of rotatable bonds is 5. The second kappa shape index (κ2) is 8.37. The first-order valence-corrected chi connectivity index (χ1v) is 9.85. The Kier molecular flexibility index (Phi) is 5.94. The summed E-state index contributed by atoms with van der Waals surface area (Å²) < 4.78 is 2.20. The van der Waals surface area contributed by atoms with Crippen molar-refractivity contribution in [3.8, 4) is 6.07 Å². The smallest absolute Gasteiger partial charge is 0.237 e. The van der Waals surface area contributed by atoms with Crippen molar-refractivity contribution < 1.29 is 4.79 Å². The minimum absolute atomic E-state index is 0.110. The van der Waals surface area contributed by atoms with Crippen LogP contribution in [0.15, 0.2) is 29.4 Å². The van der Waals surface area contributed by atoms with Crippen LogP contribution in [-0.4, -0.2) is 25.9 Å². The number of nitriles is 1. The molecule has 1 saturated carbocycles. The van der Waals surface area contributed by atoms with Gasteiger partial charge in [-0.05, 0) is 44.9 Å². The van der Waals surface area contributed by atoms with Gasteiger partial charge in [-0.1, -0.05) is 37.1 Å². The fraction of sp³-hybridized carbons (Fsp3) is 0.474. The number of anilines is 1. The molecule has 26 heavy (non-hydrogen) atoms. The lowest BCUT2D eigenvalue weighted by molar-refractivity contribution is -0.115. The monoisotopic (exact) mass is 369 g/mol. The van der Waals surface area contributed by atoms with E-state index in [-0.39, 0.29) is 11.2 Å². The molecule has 1 fully saturated rings. The molecule has 2 aromatic rings. The highest BCUT2D eigenvalue weighted by molar-refractivity contribution is 8.00. The van der Waals surface area contributed by atoms with Gasteiger partial charge in [-0.2, -0.15) is 5.26 Å². The quantitative estimate of drug-likeness (QED) is 0.803. The third kappa shape index (κ3) is 4.25. The molecule has 0 saturated heterocycles. The van der Waals surface area contributed by atoms with Gasteiger partial charge in [0.1, 0.15) is 5.82 Å². The van der Waals surface area contributed by atoms with E-state index in [1.807, 2.05) is 13.8 Å². The van der Waals surface area contributed by atoms with E-state index in [1.165, 1.54) is 31.0 Å². The van der Waals surface area contributed by atoms with Gasteiger partial charge in [0.25, 0.3) is 0 Å². The van der Waals surface area contributed by atoms with Crippen molar-refractivity contribution in [1.82, 2.24) is 14.8 Å². The van der Waals surface area contributed by atoms with E-state index in [1.54, 1.807) is 24.3 Å². The number of nitrogens with zero attached hydrogens (tertiary/aromatic N) is 4. The average Bonchev–Trinajstić information content (AvgIpc) is 3.02. The second-order valence-corrected chi connectivity index (χ2v) is 7.94. The molecule has 1 aromatic carbocycles. The number of hydrogen-bond acceptors (Lipinski definition) is 5. The van der Waals surface area contributed by atoms with E-state index in [0.29, 0.717) is 17.3 Å². The van der Waals surface area contributed by atoms with Gasteiger partial charge in [-0.25, -0.2) is 0 Å². The highest BCUT2D eigenvalue weighted by Gasteiger charge is 2.24. The summed E-state index contributed by atoms with van der Waals surface area (Å²) in [6, 6.07) is 9.44. The highest BCUT2D eigenvalue weighted by atomic mass is 32.2. The molecule has 6 nitrogen and oxygen atoms in total. The Morgan fingerprint density at radius 2 is 2.12 bits per heavy atom. The first-order valence-electron chi connectivity index (χ1n) is 8.97. The van der Waals surface area contributed by atoms with Gasteiger partial charge in [0.05, 0.1) is 16.9 Å². The number of aryl methyl sites for hydroxylation is 1. The van der Waals surface area contributed by atoms with E-state index in [9.17, 15) is 4.79 Å². The lowest BCUT2D eigenvalue weighted by Gasteiger charge is -2.25. The Morgan fingerprint density at radius 3 is 2.85 bits per heavy atom. The fourth-order valence-corrected chi connectivity index (χ4v) is 4.28. The summed E-state index contributed by atoms with van der Waals surface area (Å²) >= 11 is 1.43. The standard InChI is InChI=1S/C19H23N5OS/c1-13(18(25)21-16-8-6-7-15(11-16)12-20)26-19-23-22-14(2)24(19)17-9-4-3-5-10-17/h6-8,11,13,17H,3-5,9-10H2,1-2H3,(H,21,25). The number of thioether (sulfide) groups is 1. The number of carbonyl (C=O) groups excluding carboxylic acids is 1. The molecule has 0 radical (unpaired) electrons. The molecule has 1 aliphatic rings. The van der Waals surface area contributed by atoms with Crippen molar-refractivity contribution in [3.05, 3.63) is 35.7 Å². The highest BCUT2D eigenvalue weighted by Crippen LogP contribution is 2.33. The summed E-state index contributed by atoms with van der Waals surface area (Å²) in [5, 5.41) is 20.9. The van der Waals surface area contributed by atoms with Crippen LogP contribution < -0.4 is 5.32 Å². The van der Waals surface area contributed by atoms with Crippen LogP contribution in [0.4, 0.5) is 5.69 Å². The molecule has 1 N–H and O–H groups in total. The molecule has 0 spiro atoms. The zero-order valence-electron chi connectivity index (χ0n) is 15.1. The molecule has 0 aliphatic heterocycles. The van der Waals surface area contributed by atoms with E-state index in [2.05, 4.69) is 26.2 Å². The van der Waals surface area contributed by atoms with Gasteiger partial charge < -0.3 is 9.88 Å². The van der Waals surface area contributed by atoms with Crippen LogP contribution in [0.25, 0.3) is 0 Å². The van der Waals surface area contributed by atoms with Gasteiger partial charge in [0.2, 0.25) is 5.91 Å². The Morgan fingerprint density at radius 1 is 1.35 bits per heavy atom. The molecular weight excluding hydrogens is 346 g/mol. The van der Waals surface area contributed by atoms with Crippen molar-refractivity contribution in [2.45, 2.75) is 62.4 Å². The van der Waals surface area contributed by atoms with E-state index >= 15 is 0 Å². The molecule has 1 atom stereocenters. The van der Waals surface area contributed by atoms with Crippen LogP contribution in [0.5, 0.6) is 0 Å². The molecule has 136 valence electrons. The number of benzene rings is 1. The first kappa shape index (κ1) is 18.5. The van der Waals surface area contributed by atoms with Crippen molar-refractivity contribution in [2.24, 2.45) is 0 Å². The van der Waals surface area contributed by atoms with Gasteiger partial charge in [-0.15, -0.1) is 10.2 Å².